The number of halogens is 4. The van der Waals surface area contributed by atoms with Gasteiger partial charge in [0.1, 0.15) is 0 Å². The molecule has 72 valence electrons. The quantitative estimate of drug-likeness (QED) is 0.429. The molecule has 1 aromatic carbocycles. The molecule has 0 unspecified atom stereocenters. The molecule has 0 spiro atoms. The van der Waals surface area contributed by atoms with E-state index in [1.54, 1.807) is 0 Å². The van der Waals surface area contributed by atoms with Crippen molar-refractivity contribution in [2.24, 2.45) is 0 Å². The van der Waals surface area contributed by atoms with Crippen molar-refractivity contribution in [2.75, 3.05) is 5.43 Å². The minimum atomic E-state index is -4.36. The molecular formula is C7H6F4N2. The van der Waals surface area contributed by atoms with E-state index < -0.39 is 11.7 Å². The van der Waals surface area contributed by atoms with Crippen molar-refractivity contribution in [3.63, 3.8) is 0 Å². The van der Waals surface area contributed by atoms with Crippen LogP contribution in [0.4, 0.5) is 23.3 Å². The molecule has 6 heteroatoms. The Bertz CT molecular complexity index is 267. The monoisotopic (exact) mass is 194 g/mol. The van der Waals surface area contributed by atoms with E-state index in [4.69, 9.17) is 0 Å². The molecule has 0 amide bonds. The summed E-state index contributed by atoms with van der Waals surface area (Å²) in [5.41, 5.74) is 2.56. The van der Waals surface area contributed by atoms with Crippen molar-refractivity contribution >= 4 is 5.69 Å². The van der Waals surface area contributed by atoms with Crippen LogP contribution in [0, 0.1) is 0 Å². The number of benzene rings is 1. The van der Waals surface area contributed by atoms with Crippen LogP contribution in [-0.4, -0.2) is 0 Å². The number of rotatable bonds is 2. The lowest BCUT2D eigenvalue weighted by molar-refractivity contribution is -0.137. The lowest BCUT2D eigenvalue weighted by Gasteiger charge is -2.07. The van der Waals surface area contributed by atoms with Gasteiger partial charge in [0.2, 0.25) is 0 Å². The summed E-state index contributed by atoms with van der Waals surface area (Å²) in [4.78, 5) is 0. The van der Waals surface area contributed by atoms with Crippen molar-refractivity contribution in [1.82, 2.24) is 5.65 Å². The number of hydrogen-bond donors (Lipinski definition) is 2. The van der Waals surface area contributed by atoms with Gasteiger partial charge < -0.3 is 0 Å². The van der Waals surface area contributed by atoms with Gasteiger partial charge >= 0.3 is 6.18 Å². The first-order valence-electron chi connectivity index (χ1n) is 3.33. The Morgan fingerprint density at radius 3 is 1.92 bits per heavy atom. The van der Waals surface area contributed by atoms with Crippen LogP contribution < -0.4 is 11.1 Å². The molecule has 1 aromatic rings. The maximum Gasteiger partial charge on any atom is 0.416 e. The van der Waals surface area contributed by atoms with Crippen molar-refractivity contribution in [2.45, 2.75) is 6.18 Å². The molecule has 0 fully saturated rings. The molecule has 0 aliphatic heterocycles. The summed E-state index contributed by atoms with van der Waals surface area (Å²) in [6.07, 6.45) is -4.36. The summed E-state index contributed by atoms with van der Waals surface area (Å²) in [6, 6.07) is 3.96. The second-order valence-corrected chi connectivity index (χ2v) is 2.29. The van der Waals surface area contributed by atoms with Crippen molar-refractivity contribution in [3.8, 4) is 0 Å². The van der Waals surface area contributed by atoms with Crippen LogP contribution in [0.25, 0.3) is 0 Å². The van der Waals surface area contributed by atoms with Gasteiger partial charge in [0, 0.05) is 0 Å². The van der Waals surface area contributed by atoms with Crippen LogP contribution in [0.1, 0.15) is 5.56 Å². The van der Waals surface area contributed by atoms with Gasteiger partial charge in [-0.15, -0.1) is 4.48 Å². The van der Waals surface area contributed by atoms with Gasteiger partial charge in [-0.2, -0.15) is 13.2 Å². The number of hydrazine groups is 1. The van der Waals surface area contributed by atoms with Crippen LogP contribution in [0.15, 0.2) is 24.3 Å². The van der Waals surface area contributed by atoms with E-state index in [0.29, 0.717) is 0 Å². The first kappa shape index (κ1) is 9.79. The van der Waals surface area contributed by atoms with E-state index in [-0.39, 0.29) is 5.69 Å². The zero-order valence-corrected chi connectivity index (χ0v) is 6.32. The number of anilines is 1. The van der Waals surface area contributed by atoms with E-state index >= 15 is 0 Å². The highest BCUT2D eigenvalue weighted by atomic mass is 19.4. The molecule has 1 rings (SSSR count). The smallest absolute Gasteiger partial charge is 0.295 e. The molecular weight excluding hydrogens is 188 g/mol. The summed E-state index contributed by atoms with van der Waals surface area (Å²) in [5.74, 6) is 0. The normalized spacial score (nSPS) is 11.4. The van der Waals surface area contributed by atoms with E-state index in [1.807, 2.05) is 5.43 Å². The van der Waals surface area contributed by atoms with Crippen molar-refractivity contribution in [1.29, 1.82) is 0 Å². The zero-order chi connectivity index (χ0) is 9.90. The molecule has 0 saturated heterocycles. The molecule has 0 bridgehead atoms. The number of nitrogens with one attached hydrogen (secondary N) is 2. The molecule has 0 aliphatic rings. The van der Waals surface area contributed by atoms with Crippen LogP contribution in [-0.2, 0) is 6.18 Å². The molecule has 0 aliphatic carbocycles. The highest BCUT2D eigenvalue weighted by Crippen LogP contribution is 2.29. The summed E-state index contributed by atoms with van der Waals surface area (Å²) >= 11 is 0. The molecule has 2 nitrogen and oxygen atoms in total. The first-order chi connectivity index (χ1) is 6.04. The third-order valence-corrected chi connectivity index (χ3v) is 1.40. The molecule has 0 saturated carbocycles. The Morgan fingerprint density at radius 2 is 1.54 bits per heavy atom. The van der Waals surface area contributed by atoms with Crippen molar-refractivity contribution in [3.05, 3.63) is 29.8 Å². The Kier molecular flexibility index (Phi) is 2.72. The second-order valence-electron chi connectivity index (χ2n) is 2.29. The minimum absolute atomic E-state index is 0.218. The topological polar surface area (TPSA) is 24.1 Å². The van der Waals surface area contributed by atoms with Gasteiger partial charge in [0.05, 0.1) is 11.3 Å². The number of hydrogen-bond acceptors (Lipinski definition) is 2. The Balaban J connectivity index is 2.81. The molecule has 0 aromatic heterocycles. The summed E-state index contributed by atoms with van der Waals surface area (Å²) in [5, 5.41) is 0. The minimum Gasteiger partial charge on any atom is -0.295 e. The van der Waals surface area contributed by atoms with E-state index in [2.05, 4.69) is 0 Å². The van der Waals surface area contributed by atoms with Gasteiger partial charge in [-0.05, 0) is 24.3 Å². The van der Waals surface area contributed by atoms with Gasteiger partial charge in [-0.3, -0.25) is 5.43 Å². The average molecular weight is 194 g/mol. The lowest BCUT2D eigenvalue weighted by atomic mass is 10.2. The van der Waals surface area contributed by atoms with Crippen LogP contribution >= 0.6 is 0 Å². The van der Waals surface area contributed by atoms with E-state index in [9.17, 15) is 17.7 Å². The molecule has 0 radical (unpaired) electrons. The standard InChI is InChI=1S/C7H6F4N2/c8-7(9,10)5-1-3-6(4-2-5)12-13-11/h1-4,12-13H. The fraction of sp³-hybridized carbons (Fsp3) is 0.143. The Morgan fingerprint density at radius 1 is 1.00 bits per heavy atom. The van der Waals surface area contributed by atoms with Crippen LogP contribution in [0.2, 0.25) is 0 Å². The Hall–Kier alpha value is -1.30. The third kappa shape index (κ3) is 2.59. The van der Waals surface area contributed by atoms with Gasteiger partial charge in [-0.1, -0.05) is 5.65 Å². The predicted octanol–water partition coefficient (Wildman–Crippen LogP) is 2.51. The van der Waals surface area contributed by atoms with Gasteiger partial charge in [0.25, 0.3) is 0 Å². The highest BCUT2D eigenvalue weighted by molar-refractivity contribution is 5.43. The van der Waals surface area contributed by atoms with Gasteiger partial charge in [-0.25, -0.2) is 0 Å². The molecule has 0 atom stereocenters. The van der Waals surface area contributed by atoms with Crippen molar-refractivity contribution < 1.29 is 17.7 Å². The predicted molar refractivity (Wildman–Crippen MR) is 39.3 cm³/mol. The fourth-order valence-electron chi connectivity index (χ4n) is 0.797. The number of alkyl halides is 3. The first-order valence-corrected chi connectivity index (χ1v) is 3.33. The van der Waals surface area contributed by atoms with E-state index in [1.165, 1.54) is 0 Å². The molecule has 13 heavy (non-hydrogen) atoms. The van der Waals surface area contributed by atoms with Crippen LogP contribution in [0.5, 0.6) is 0 Å². The average Bonchev–Trinajstić information content (AvgIpc) is 2.04. The fourth-order valence-corrected chi connectivity index (χ4v) is 0.797. The largest absolute Gasteiger partial charge is 0.416 e. The summed E-state index contributed by atoms with van der Waals surface area (Å²) < 4.78 is 47.4. The zero-order valence-electron chi connectivity index (χ0n) is 6.32. The third-order valence-electron chi connectivity index (χ3n) is 1.40. The SMILES string of the molecule is FNNc1ccc(C(F)(F)F)cc1. The molecule has 2 N–H and O–H groups in total. The van der Waals surface area contributed by atoms with Crippen LogP contribution in [0.3, 0.4) is 0 Å². The maximum absolute atomic E-state index is 12.0. The second kappa shape index (κ2) is 3.61. The van der Waals surface area contributed by atoms with Gasteiger partial charge in [0.15, 0.2) is 0 Å². The highest BCUT2D eigenvalue weighted by Gasteiger charge is 2.29. The Labute approximate surface area is 71.5 Å². The molecule has 0 heterocycles. The summed E-state index contributed by atoms with van der Waals surface area (Å²) in [7, 11) is 0. The van der Waals surface area contributed by atoms with E-state index in [0.717, 1.165) is 29.9 Å². The maximum atomic E-state index is 12.0. The lowest BCUT2D eigenvalue weighted by Crippen LogP contribution is -2.10. The summed E-state index contributed by atoms with van der Waals surface area (Å²) in [6.45, 7) is 0.